The molecule has 1 aliphatic rings. The van der Waals surface area contributed by atoms with Crippen molar-refractivity contribution < 1.29 is 4.74 Å². The van der Waals surface area contributed by atoms with Gasteiger partial charge in [-0.15, -0.1) is 0 Å². The van der Waals surface area contributed by atoms with Crippen LogP contribution in [-0.4, -0.2) is 40.9 Å². The zero-order valence-electron chi connectivity index (χ0n) is 15.1. The largest absolute Gasteiger partial charge is 0.378 e. The number of aryl methyl sites for hydroxylation is 1. The Morgan fingerprint density at radius 3 is 2.33 bits per heavy atom. The molecule has 0 bridgehead atoms. The lowest BCUT2D eigenvalue weighted by Crippen LogP contribution is -2.36. The number of hydrogen-bond acceptors (Lipinski definition) is 5. The average molecular weight is 376 g/mol. The van der Waals surface area contributed by atoms with Crippen LogP contribution < -0.4 is 4.90 Å². The highest BCUT2D eigenvalue weighted by atomic mass is 32.1. The van der Waals surface area contributed by atoms with E-state index in [9.17, 15) is 0 Å². The lowest BCUT2D eigenvalue weighted by atomic mass is 10.1. The van der Waals surface area contributed by atoms with Crippen molar-refractivity contribution in [3.8, 4) is 21.8 Å². The third-order valence-electron chi connectivity index (χ3n) is 4.88. The van der Waals surface area contributed by atoms with Gasteiger partial charge >= 0.3 is 0 Å². The molecule has 0 radical (unpaired) electrons. The van der Waals surface area contributed by atoms with E-state index in [0.29, 0.717) is 0 Å². The van der Waals surface area contributed by atoms with Crippen LogP contribution in [0.5, 0.6) is 0 Å². The molecule has 136 valence electrons. The summed E-state index contributed by atoms with van der Waals surface area (Å²) in [6, 6.07) is 17.0. The van der Waals surface area contributed by atoms with Crippen LogP contribution in [0, 0.1) is 6.92 Å². The van der Waals surface area contributed by atoms with Crippen LogP contribution in [0.25, 0.3) is 26.8 Å². The number of nitrogens with zero attached hydrogens (tertiary/aromatic N) is 4. The molecule has 5 nitrogen and oxygen atoms in total. The molecule has 27 heavy (non-hydrogen) atoms. The molecule has 4 aromatic rings. The van der Waals surface area contributed by atoms with Crippen LogP contribution in [0.1, 0.15) is 5.56 Å². The van der Waals surface area contributed by atoms with Gasteiger partial charge in [-0.05, 0) is 31.2 Å². The lowest BCUT2D eigenvalue weighted by molar-refractivity contribution is 0.122. The lowest BCUT2D eigenvalue weighted by Gasteiger charge is -2.28. The molecule has 1 aliphatic heterocycles. The van der Waals surface area contributed by atoms with Crippen molar-refractivity contribution in [3.63, 3.8) is 0 Å². The van der Waals surface area contributed by atoms with Gasteiger partial charge in [0.15, 0.2) is 0 Å². The maximum Gasteiger partial charge on any atom is 0.213 e. The minimum Gasteiger partial charge on any atom is -0.378 e. The third kappa shape index (κ3) is 3.22. The first-order valence-corrected chi connectivity index (χ1v) is 9.94. The van der Waals surface area contributed by atoms with Crippen LogP contribution >= 0.6 is 11.3 Å². The topological polar surface area (TPSA) is 42.7 Å². The van der Waals surface area contributed by atoms with Crippen molar-refractivity contribution in [1.29, 1.82) is 0 Å². The zero-order valence-corrected chi connectivity index (χ0v) is 15.9. The van der Waals surface area contributed by atoms with Gasteiger partial charge in [0.05, 0.1) is 25.1 Å². The van der Waals surface area contributed by atoms with Crippen LogP contribution in [0.4, 0.5) is 5.69 Å². The quantitative estimate of drug-likeness (QED) is 0.536. The SMILES string of the molecule is Cc1ccc(-c2cn3nc(-c4ccc(N5CCOCC5)cc4)sc3n2)cc1. The fourth-order valence-corrected chi connectivity index (χ4v) is 4.20. The normalized spacial score (nSPS) is 14.8. The highest BCUT2D eigenvalue weighted by Gasteiger charge is 2.13. The highest BCUT2D eigenvalue weighted by Crippen LogP contribution is 2.29. The van der Waals surface area contributed by atoms with Crippen LogP contribution in [0.15, 0.2) is 54.7 Å². The summed E-state index contributed by atoms with van der Waals surface area (Å²) in [6.07, 6.45) is 2.00. The third-order valence-corrected chi connectivity index (χ3v) is 5.85. The molecule has 0 unspecified atom stereocenters. The van der Waals surface area contributed by atoms with Gasteiger partial charge in [-0.3, -0.25) is 0 Å². The van der Waals surface area contributed by atoms with E-state index in [1.165, 1.54) is 11.3 Å². The molecule has 0 saturated carbocycles. The standard InChI is InChI=1S/C21H20N4OS/c1-15-2-4-16(5-3-15)19-14-25-21(22-19)27-20(23-25)17-6-8-18(9-7-17)24-10-12-26-13-11-24/h2-9,14H,10-13H2,1H3. The van der Waals surface area contributed by atoms with E-state index in [1.807, 2.05) is 10.7 Å². The maximum atomic E-state index is 5.43. The summed E-state index contributed by atoms with van der Waals surface area (Å²) in [4.78, 5) is 8.02. The predicted molar refractivity (Wildman–Crippen MR) is 110 cm³/mol. The monoisotopic (exact) mass is 376 g/mol. The Balaban J connectivity index is 1.40. The molecule has 0 atom stereocenters. The summed E-state index contributed by atoms with van der Waals surface area (Å²) in [5.41, 5.74) is 5.70. The molecule has 0 N–H and O–H groups in total. The van der Waals surface area contributed by atoms with Crippen LogP contribution in [0.2, 0.25) is 0 Å². The van der Waals surface area contributed by atoms with Crippen molar-refractivity contribution in [2.75, 3.05) is 31.2 Å². The average Bonchev–Trinajstić information content (AvgIpc) is 3.29. The number of hydrogen-bond donors (Lipinski definition) is 0. The Morgan fingerprint density at radius 2 is 1.63 bits per heavy atom. The number of imidazole rings is 1. The first kappa shape index (κ1) is 16.5. The maximum absolute atomic E-state index is 5.43. The second-order valence-electron chi connectivity index (χ2n) is 6.77. The molecule has 0 aliphatic carbocycles. The van der Waals surface area contributed by atoms with Crippen molar-refractivity contribution in [1.82, 2.24) is 14.6 Å². The van der Waals surface area contributed by atoms with Crippen molar-refractivity contribution >= 4 is 22.0 Å². The summed E-state index contributed by atoms with van der Waals surface area (Å²) in [5.74, 6) is 0. The van der Waals surface area contributed by atoms with E-state index >= 15 is 0 Å². The van der Waals surface area contributed by atoms with Gasteiger partial charge in [0.2, 0.25) is 4.96 Å². The molecule has 2 aromatic heterocycles. The summed E-state index contributed by atoms with van der Waals surface area (Å²) in [6.45, 7) is 5.59. The molecular weight excluding hydrogens is 356 g/mol. The summed E-state index contributed by atoms with van der Waals surface area (Å²) >= 11 is 1.62. The molecule has 1 fully saturated rings. The second kappa shape index (κ2) is 6.79. The fraction of sp³-hybridized carbons (Fsp3) is 0.238. The molecule has 5 rings (SSSR count). The molecule has 0 amide bonds. The van der Waals surface area contributed by atoms with Gasteiger partial charge in [0.25, 0.3) is 0 Å². The Kier molecular flexibility index (Phi) is 4.14. The summed E-state index contributed by atoms with van der Waals surface area (Å²) in [7, 11) is 0. The second-order valence-corrected chi connectivity index (χ2v) is 7.73. The molecule has 1 saturated heterocycles. The Hall–Kier alpha value is -2.70. The van der Waals surface area contributed by atoms with E-state index in [4.69, 9.17) is 14.8 Å². The number of anilines is 1. The highest BCUT2D eigenvalue weighted by molar-refractivity contribution is 7.19. The molecule has 6 heteroatoms. The van der Waals surface area contributed by atoms with Gasteiger partial charge < -0.3 is 9.64 Å². The smallest absolute Gasteiger partial charge is 0.213 e. The first-order valence-electron chi connectivity index (χ1n) is 9.13. The number of aromatic nitrogens is 3. The van der Waals surface area contributed by atoms with E-state index < -0.39 is 0 Å². The van der Waals surface area contributed by atoms with Gasteiger partial charge in [-0.1, -0.05) is 41.2 Å². The molecular formula is C21H20N4OS. The van der Waals surface area contributed by atoms with E-state index in [0.717, 1.165) is 53.1 Å². The molecule has 3 heterocycles. The zero-order chi connectivity index (χ0) is 18.2. The van der Waals surface area contributed by atoms with E-state index in [-0.39, 0.29) is 0 Å². The molecule has 0 spiro atoms. The number of benzene rings is 2. The minimum absolute atomic E-state index is 0.800. The van der Waals surface area contributed by atoms with Gasteiger partial charge in [0, 0.05) is 29.9 Å². The number of morpholine rings is 1. The van der Waals surface area contributed by atoms with Gasteiger partial charge in [0.1, 0.15) is 5.01 Å². The number of rotatable bonds is 3. The predicted octanol–water partition coefficient (Wildman–Crippen LogP) is 4.27. The van der Waals surface area contributed by atoms with E-state index in [1.54, 1.807) is 11.3 Å². The number of ether oxygens (including phenoxy) is 1. The summed E-state index contributed by atoms with van der Waals surface area (Å²) < 4.78 is 7.31. The van der Waals surface area contributed by atoms with Crippen LogP contribution in [0.3, 0.4) is 0 Å². The van der Waals surface area contributed by atoms with Gasteiger partial charge in [-0.2, -0.15) is 5.10 Å². The Labute approximate surface area is 161 Å². The van der Waals surface area contributed by atoms with E-state index in [2.05, 4.69) is 60.4 Å². The fourth-order valence-electron chi connectivity index (χ4n) is 3.32. The van der Waals surface area contributed by atoms with Crippen molar-refractivity contribution in [2.45, 2.75) is 6.92 Å². The van der Waals surface area contributed by atoms with Crippen LogP contribution in [-0.2, 0) is 4.74 Å². The number of fused-ring (bicyclic) bond motifs is 1. The Morgan fingerprint density at radius 1 is 0.926 bits per heavy atom. The summed E-state index contributed by atoms with van der Waals surface area (Å²) in [5, 5.41) is 5.72. The van der Waals surface area contributed by atoms with Gasteiger partial charge in [-0.25, -0.2) is 9.50 Å². The Bertz CT molecular complexity index is 1030. The first-order chi connectivity index (χ1) is 13.3. The van der Waals surface area contributed by atoms with Crippen molar-refractivity contribution in [2.24, 2.45) is 0 Å². The molecule has 2 aromatic carbocycles. The minimum atomic E-state index is 0.800. The van der Waals surface area contributed by atoms with Crippen molar-refractivity contribution in [3.05, 3.63) is 60.3 Å².